The number of halogens is 1. The minimum Gasteiger partial charge on any atom is -0.299 e. The number of nitrogens with zero attached hydrogens (tertiary/aromatic N) is 2. The van der Waals surface area contributed by atoms with Gasteiger partial charge in [-0.1, -0.05) is 73.8 Å². The van der Waals surface area contributed by atoms with Gasteiger partial charge in [0, 0.05) is 11.6 Å². The molecule has 0 saturated heterocycles. The largest absolute Gasteiger partial charge is 0.299 e. The highest BCUT2D eigenvalue weighted by atomic mass is 35.5. The van der Waals surface area contributed by atoms with Crippen molar-refractivity contribution in [3.63, 3.8) is 0 Å². The second-order valence-electron chi connectivity index (χ2n) is 8.44. The summed E-state index contributed by atoms with van der Waals surface area (Å²) in [6.45, 7) is 5.35. The van der Waals surface area contributed by atoms with Gasteiger partial charge in [-0.3, -0.25) is 4.90 Å². The lowest BCUT2D eigenvalue weighted by Gasteiger charge is -2.34. The Morgan fingerprint density at radius 3 is 2.34 bits per heavy atom. The summed E-state index contributed by atoms with van der Waals surface area (Å²) >= 11 is 6.13. The molecule has 1 aliphatic rings. The maximum Gasteiger partial charge on any atom is 0.0850 e. The first-order valence-corrected chi connectivity index (χ1v) is 11.5. The van der Waals surface area contributed by atoms with E-state index in [0.717, 1.165) is 49.5 Å². The van der Waals surface area contributed by atoms with Crippen molar-refractivity contribution in [1.82, 2.24) is 4.90 Å². The Balaban J connectivity index is 1.71. The van der Waals surface area contributed by atoms with E-state index in [1.807, 2.05) is 12.1 Å². The van der Waals surface area contributed by atoms with Crippen LogP contribution in [-0.4, -0.2) is 18.0 Å². The molecule has 0 aromatic heterocycles. The van der Waals surface area contributed by atoms with Crippen LogP contribution in [-0.2, 0) is 12.0 Å². The molecule has 0 heterocycles. The molecule has 29 heavy (non-hydrogen) atoms. The fourth-order valence-electron chi connectivity index (χ4n) is 4.97. The molecule has 1 aliphatic carbocycles. The van der Waals surface area contributed by atoms with E-state index < -0.39 is 0 Å². The summed E-state index contributed by atoms with van der Waals surface area (Å²) < 4.78 is 0. The first-order chi connectivity index (χ1) is 14.2. The first kappa shape index (κ1) is 21.9. The smallest absolute Gasteiger partial charge is 0.0850 e. The van der Waals surface area contributed by atoms with Crippen LogP contribution in [0.15, 0.2) is 54.6 Å². The van der Waals surface area contributed by atoms with E-state index >= 15 is 0 Å². The molecule has 0 N–H and O–H groups in total. The number of nitriles is 1. The van der Waals surface area contributed by atoms with E-state index in [1.165, 1.54) is 31.2 Å². The highest BCUT2D eigenvalue weighted by Gasteiger charge is 2.41. The fraction of sp³-hybridized carbons (Fsp3) is 0.500. The van der Waals surface area contributed by atoms with E-state index in [0.29, 0.717) is 5.92 Å². The average Bonchev–Trinajstić information content (AvgIpc) is 3.28. The second kappa shape index (κ2) is 10.8. The zero-order chi connectivity index (χ0) is 20.5. The minimum absolute atomic E-state index is 0.383. The molecule has 2 nitrogen and oxygen atoms in total. The summed E-state index contributed by atoms with van der Waals surface area (Å²) in [6, 6.07) is 21.5. The molecule has 1 fully saturated rings. The number of benzene rings is 2. The molecule has 3 heteroatoms. The first-order valence-electron chi connectivity index (χ1n) is 11.1. The Kier molecular flexibility index (Phi) is 8.16. The van der Waals surface area contributed by atoms with Gasteiger partial charge in [0.1, 0.15) is 0 Å². The summed E-state index contributed by atoms with van der Waals surface area (Å²) in [5.41, 5.74) is 2.13. The molecular weight excluding hydrogens is 376 g/mol. The second-order valence-corrected chi connectivity index (χ2v) is 8.87. The summed E-state index contributed by atoms with van der Waals surface area (Å²) in [7, 11) is 0. The van der Waals surface area contributed by atoms with Gasteiger partial charge in [-0.15, -0.1) is 0 Å². The van der Waals surface area contributed by atoms with E-state index in [2.05, 4.69) is 60.4 Å². The van der Waals surface area contributed by atoms with Gasteiger partial charge in [-0.05, 0) is 74.4 Å². The third-order valence-electron chi connectivity index (χ3n) is 6.45. The summed E-state index contributed by atoms with van der Waals surface area (Å²) in [5.74, 6) is 0.461. The lowest BCUT2D eigenvalue weighted by Crippen LogP contribution is -2.34. The molecule has 2 aromatic rings. The third-order valence-corrected chi connectivity index (χ3v) is 6.70. The SMILES string of the molecule is CCCN(CCCC(C#N)(c1ccc(Cl)cc1)C1CCCC1)Cc1ccccc1. The van der Waals surface area contributed by atoms with Gasteiger partial charge in [0.05, 0.1) is 11.5 Å². The molecule has 0 amide bonds. The van der Waals surface area contributed by atoms with Crippen LogP contribution in [0.1, 0.15) is 63.0 Å². The molecule has 1 saturated carbocycles. The topological polar surface area (TPSA) is 27.0 Å². The van der Waals surface area contributed by atoms with Crippen LogP contribution >= 0.6 is 11.6 Å². The zero-order valence-electron chi connectivity index (χ0n) is 17.6. The lowest BCUT2D eigenvalue weighted by atomic mass is 9.67. The van der Waals surface area contributed by atoms with Crippen LogP contribution in [0, 0.1) is 17.2 Å². The van der Waals surface area contributed by atoms with Gasteiger partial charge in [0.25, 0.3) is 0 Å². The minimum atomic E-state index is -0.383. The van der Waals surface area contributed by atoms with Crippen molar-refractivity contribution >= 4 is 11.6 Å². The molecule has 2 aromatic carbocycles. The van der Waals surface area contributed by atoms with Crippen LogP contribution in [0.3, 0.4) is 0 Å². The average molecular weight is 409 g/mol. The third kappa shape index (κ3) is 5.62. The van der Waals surface area contributed by atoms with E-state index in [1.54, 1.807) is 0 Å². The molecule has 154 valence electrons. The summed E-state index contributed by atoms with van der Waals surface area (Å²) in [5, 5.41) is 11.1. The highest BCUT2D eigenvalue weighted by molar-refractivity contribution is 6.30. The standard InChI is InChI=1S/C26H33ClN2/c1-2-18-29(20-22-9-4-3-5-10-22)19-8-17-26(21-28,23-11-6-7-12-23)24-13-15-25(27)16-14-24/h3-5,9-10,13-16,23H,2,6-8,11-12,17-20H2,1H3. The van der Waals surface area contributed by atoms with E-state index in [4.69, 9.17) is 11.6 Å². The van der Waals surface area contributed by atoms with Crippen LogP contribution in [0.4, 0.5) is 0 Å². The number of hydrogen-bond donors (Lipinski definition) is 0. The predicted molar refractivity (Wildman–Crippen MR) is 122 cm³/mol. The van der Waals surface area contributed by atoms with Crippen molar-refractivity contribution in [3.8, 4) is 6.07 Å². The molecular formula is C26H33ClN2. The lowest BCUT2D eigenvalue weighted by molar-refractivity contribution is 0.238. The van der Waals surface area contributed by atoms with Gasteiger partial charge < -0.3 is 0 Å². The molecule has 0 bridgehead atoms. The normalized spacial score (nSPS) is 16.6. The maximum absolute atomic E-state index is 10.4. The van der Waals surface area contributed by atoms with Crippen molar-refractivity contribution in [2.24, 2.45) is 5.92 Å². The molecule has 0 aliphatic heterocycles. The number of hydrogen-bond acceptors (Lipinski definition) is 2. The Morgan fingerprint density at radius 1 is 1.03 bits per heavy atom. The van der Waals surface area contributed by atoms with Crippen molar-refractivity contribution in [1.29, 1.82) is 5.26 Å². The van der Waals surface area contributed by atoms with Gasteiger partial charge in [-0.25, -0.2) is 0 Å². The highest BCUT2D eigenvalue weighted by Crippen LogP contribution is 2.45. The fourth-order valence-corrected chi connectivity index (χ4v) is 5.10. The van der Waals surface area contributed by atoms with Gasteiger partial charge in [0.2, 0.25) is 0 Å². The zero-order valence-corrected chi connectivity index (χ0v) is 18.4. The predicted octanol–water partition coefficient (Wildman–Crippen LogP) is 6.98. The Labute approximate surface area is 181 Å². The van der Waals surface area contributed by atoms with Gasteiger partial charge in [-0.2, -0.15) is 5.26 Å². The van der Waals surface area contributed by atoms with Crippen LogP contribution in [0.2, 0.25) is 5.02 Å². The van der Waals surface area contributed by atoms with Gasteiger partial charge >= 0.3 is 0 Å². The molecule has 0 spiro atoms. The summed E-state index contributed by atoms with van der Waals surface area (Å²) in [6.07, 6.45) is 7.94. The molecule has 1 atom stereocenters. The van der Waals surface area contributed by atoms with Crippen LogP contribution in [0.5, 0.6) is 0 Å². The molecule has 0 radical (unpaired) electrons. The van der Waals surface area contributed by atoms with Crippen LogP contribution in [0.25, 0.3) is 0 Å². The van der Waals surface area contributed by atoms with Crippen LogP contribution < -0.4 is 0 Å². The Morgan fingerprint density at radius 2 is 1.72 bits per heavy atom. The monoisotopic (exact) mass is 408 g/mol. The Hall–Kier alpha value is -1.82. The van der Waals surface area contributed by atoms with E-state index in [-0.39, 0.29) is 5.41 Å². The van der Waals surface area contributed by atoms with Crippen molar-refractivity contribution in [2.45, 2.75) is 63.8 Å². The molecule has 3 rings (SSSR count). The Bertz CT molecular complexity index is 775. The van der Waals surface area contributed by atoms with Crippen molar-refractivity contribution < 1.29 is 0 Å². The van der Waals surface area contributed by atoms with Gasteiger partial charge in [0.15, 0.2) is 0 Å². The summed E-state index contributed by atoms with van der Waals surface area (Å²) in [4.78, 5) is 2.54. The van der Waals surface area contributed by atoms with E-state index in [9.17, 15) is 5.26 Å². The van der Waals surface area contributed by atoms with Crippen molar-refractivity contribution in [2.75, 3.05) is 13.1 Å². The maximum atomic E-state index is 10.4. The number of rotatable bonds is 10. The molecule has 1 unspecified atom stereocenters. The quantitative estimate of drug-likeness (QED) is 0.423. The van der Waals surface area contributed by atoms with Crippen molar-refractivity contribution in [3.05, 3.63) is 70.7 Å².